The largest absolute Gasteiger partial charge is 0.497 e. The average molecular weight is 405 g/mol. The Labute approximate surface area is 173 Å². The van der Waals surface area contributed by atoms with Gasteiger partial charge >= 0.3 is 0 Å². The van der Waals surface area contributed by atoms with Crippen molar-refractivity contribution in [2.24, 2.45) is 11.7 Å². The molecule has 0 radical (unpaired) electrons. The highest BCUT2D eigenvalue weighted by atomic mass is 16.5. The van der Waals surface area contributed by atoms with E-state index in [9.17, 15) is 14.4 Å². The van der Waals surface area contributed by atoms with Gasteiger partial charge in [-0.3, -0.25) is 19.0 Å². The summed E-state index contributed by atoms with van der Waals surface area (Å²) in [4.78, 5) is 39.6. The van der Waals surface area contributed by atoms with Gasteiger partial charge in [0, 0.05) is 41.7 Å². The molecule has 3 aromatic rings. The van der Waals surface area contributed by atoms with Crippen molar-refractivity contribution in [3.05, 3.63) is 70.6 Å². The summed E-state index contributed by atoms with van der Waals surface area (Å²) in [6.45, 7) is 0.921. The molecule has 30 heavy (non-hydrogen) atoms. The van der Waals surface area contributed by atoms with E-state index in [1.165, 1.54) is 4.57 Å². The molecule has 0 aliphatic carbocycles. The van der Waals surface area contributed by atoms with Crippen molar-refractivity contribution in [1.82, 2.24) is 9.47 Å². The van der Waals surface area contributed by atoms with E-state index in [1.54, 1.807) is 60.7 Å². The normalized spacial score (nSPS) is 14.6. The molecule has 0 saturated carbocycles. The first kappa shape index (κ1) is 19.7. The minimum Gasteiger partial charge on any atom is -0.497 e. The first-order chi connectivity index (χ1) is 14.5. The fraction of sp³-hybridized carbons (Fsp3) is 0.261. The number of nitrogens with two attached hydrogens (primary N) is 1. The van der Waals surface area contributed by atoms with Crippen molar-refractivity contribution in [1.29, 1.82) is 0 Å². The lowest BCUT2D eigenvalue weighted by Crippen LogP contribution is -2.42. The smallest absolute Gasteiger partial charge is 0.262 e. The van der Waals surface area contributed by atoms with Gasteiger partial charge in [0.15, 0.2) is 0 Å². The number of ether oxygens (including phenoxy) is 1. The van der Waals surface area contributed by atoms with Gasteiger partial charge in [0.1, 0.15) is 5.75 Å². The Morgan fingerprint density at radius 3 is 2.23 bits per heavy atom. The molecule has 0 unspecified atom stereocenters. The van der Waals surface area contributed by atoms with E-state index in [-0.39, 0.29) is 23.3 Å². The molecular formula is C23H23N3O4. The molecule has 2 heterocycles. The standard InChI is InChI=1S/C23H23N3O4/c1-30-17-8-6-16(7-9-17)26-14-20(18-4-2-3-5-19(18)23(26)29)22(28)25-12-10-15(11-13-25)21(24)27/h2-9,14-15H,10-13H2,1H3,(H2,24,27). The Bertz CT molecular complexity index is 1160. The molecule has 7 nitrogen and oxygen atoms in total. The third-order valence-corrected chi connectivity index (χ3v) is 5.69. The summed E-state index contributed by atoms with van der Waals surface area (Å²) in [6, 6.07) is 14.2. The summed E-state index contributed by atoms with van der Waals surface area (Å²) in [5.74, 6) is 0.0113. The number of piperidine rings is 1. The lowest BCUT2D eigenvalue weighted by atomic mass is 9.95. The molecule has 1 saturated heterocycles. The number of rotatable bonds is 4. The van der Waals surface area contributed by atoms with E-state index < -0.39 is 0 Å². The van der Waals surface area contributed by atoms with Gasteiger partial charge in [-0.1, -0.05) is 18.2 Å². The van der Waals surface area contributed by atoms with Crippen LogP contribution < -0.4 is 16.0 Å². The Morgan fingerprint density at radius 2 is 1.63 bits per heavy atom. The molecule has 1 aromatic heterocycles. The van der Waals surface area contributed by atoms with Crippen LogP contribution in [0.25, 0.3) is 16.5 Å². The minimum atomic E-state index is -0.319. The van der Waals surface area contributed by atoms with Crippen molar-refractivity contribution in [2.45, 2.75) is 12.8 Å². The molecule has 7 heteroatoms. The molecule has 1 fully saturated rings. The van der Waals surface area contributed by atoms with Gasteiger partial charge in [-0.05, 0) is 43.2 Å². The SMILES string of the molecule is COc1ccc(-n2cc(C(=O)N3CCC(C(N)=O)CC3)c3ccccc3c2=O)cc1. The summed E-state index contributed by atoms with van der Waals surface area (Å²) in [6.07, 6.45) is 2.71. The first-order valence-electron chi connectivity index (χ1n) is 9.87. The van der Waals surface area contributed by atoms with Crippen molar-refractivity contribution < 1.29 is 14.3 Å². The van der Waals surface area contributed by atoms with Crippen LogP contribution in [0, 0.1) is 5.92 Å². The number of carbonyl (C=O) groups excluding carboxylic acids is 2. The number of methoxy groups -OCH3 is 1. The molecule has 0 spiro atoms. The van der Waals surface area contributed by atoms with Gasteiger partial charge in [-0.25, -0.2) is 0 Å². The van der Waals surface area contributed by atoms with Crippen molar-refractivity contribution in [3.8, 4) is 11.4 Å². The second-order valence-electron chi connectivity index (χ2n) is 7.43. The maximum absolute atomic E-state index is 13.4. The van der Waals surface area contributed by atoms with Gasteiger partial charge in [0.2, 0.25) is 5.91 Å². The van der Waals surface area contributed by atoms with E-state index in [0.717, 1.165) is 0 Å². The van der Waals surface area contributed by atoms with Crippen LogP contribution in [0.1, 0.15) is 23.2 Å². The zero-order valence-electron chi connectivity index (χ0n) is 16.7. The maximum Gasteiger partial charge on any atom is 0.262 e. The molecular weight excluding hydrogens is 382 g/mol. The highest BCUT2D eigenvalue weighted by Gasteiger charge is 2.28. The Balaban J connectivity index is 1.77. The number of pyridine rings is 1. The molecule has 0 atom stereocenters. The van der Waals surface area contributed by atoms with Crippen molar-refractivity contribution in [3.63, 3.8) is 0 Å². The highest BCUT2D eigenvalue weighted by molar-refractivity contribution is 6.06. The fourth-order valence-electron chi connectivity index (χ4n) is 3.93. The van der Waals surface area contributed by atoms with Crippen LogP contribution in [0.2, 0.25) is 0 Å². The second kappa shape index (κ2) is 8.02. The van der Waals surface area contributed by atoms with E-state index in [0.29, 0.717) is 53.7 Å². The Hall–Kier alpha value is -3.61. The quantitative estimate of drug-likeness (QED) is 0.721. The molecule has 1 aliphatic rings. The van der Waals surface area contributed by atoms with Gasteiger partial charge in [-0.2, -0.15) is 0 Å². The number of likely N-dealkylation sites (tertiary alicyclic amines) is 1. The van der Waals surface area contributed by atoms with Crippen molar-refractivity contribution in [2.75, 3.05) is 20.2 Å². The number of hydrogen-bond donors (Lipinski definition) is 1. The lowest BCUT2D eigenvalue weighted by molar-refractivity contribution is -0.123. The third kappa shape index (κ3) is 3.54. The number of aromatic nitrogens is 1. The first-order valence-corrected chi connectivity index (χ1v) is 9.87. The topological polar surface area (TPSA) is 94.6 Å². The summed E-state index contributed by atoms with van der Waals surface area (Å²) in [7, 11) is 1.58. The van der Waals surface area contributed by atoms with Crippen LogP contribution in [-0.2, 0) is 4.79 Å². The van der Waals surface area contributed by atoms with Crippen LogP contribution in [-0.4, -0.2) is 41.5 Å². The monoisotopic (exact) mass is 405 g/mol. The molecule has 154 valence electrons. The Kier molecular flexibility index (Phi) is 5.27. The number of hydrogen-bond acceptors (Lipinski definition) is 4. The molecule has 2 amide bonds. The van der Waals surface area contributed by atoms with E-state index in [4.69, 9.17) is 10.5 Å². The lowest BCUT2D eigenvalue weighted by Gasteiger charge is -2.31. The third-order valence-electron chi connectivity index (χ3n) is 5.69. The van der Waals surface area contributed by atoms with Gasteiger partial charge < -0.3 is 15.4 Å². The molecule has 1 aliphatic heterocycles. The van der Waals surface area contributed by atoms with Crippen molar-refractivity contribution >= 4 is 22.6 Å². The van der Waals surface area contributed by atoms with Crippen LogP contribution in [0.5, 0.6) is 5.75 Å². The zero-order chi connectivity index (χ0) is 21.3. The zero-order valence-corrected chi connectivity index (χ0v) is 16.7. The Morgan fingerprint density at radius 1 is 1.00 bits per heavy atom. The molecule has 4 rings (SSSR count). The van der Waals surface area contributed by atoms with Gasteiger partial charge in [-0.15, -0.1) is 0 Å². The van der Waals surface area contributed by atoms with Crippen LogP contribution in [0.3, 0.4) is 0 Å². The maximum atomic E-state index is 13.4. The number of primary amides is 1. The van der Waals surface area contributed by atoms with Gasteiger partial charge in [0.05, 0.1) is 12.7 Å². The van der Waals surface area contributed by atoms with E-state index in [2.05, 4.69) is 0 Å². The summed E-state index contributed by atoms with van der Waals surface area (Å²) in [5.41, 5.74) is 6.32. The summed E-state index contributed by atoms with van der Waals surface area (Å²) < 4.78 is 6.68. The van der Waals surface area contributed by atoms with Crippen LogP contribution in [0.4, 0.5) is 0 Å². The predicted octanol–water partition coefficient (Wildman–Crippen LogP) is 2.34. The average Bonchev–Trinajstić information content (AvgIpc) is 2.79. The minimum absolute atomic E-state index is 0.156. The number of amides is 2. The summed E-state index contributed by atoms with van der Waals surface area (Å²) in [5, 5.41) is 1.10. The van der Waals surface area contributed by atoms with Crippen LogP contribution >= 0.6 is 0 Å². The fourth-order valence-corrected chi connectivity index (χ4v) is 3.93. The van der Waals surface area contributed by atoms with E-state index in [1.807, 2.05) is 6.07 Å². The predicted molar refractivity (Wildman–Crippen MR) is 114 cm³/mol. The second-order valence-corrected chi connectivity index (χ2v) is 7.43. The van der Waals surface area contributed by atoms with Gasteiger partial charge in [0.25, 0.3) is 11.5 Å². The molecule has 0 bridgehead atoms. The number of carbonyl (C=O) groups is 2. The van der Waals surface area contributed by atoms with Crippen LogP contribution in [0.15, 0.2) is 59.5 Å². The van der Waals surface area contributed by atoms with E-state index >= 15 is 0 Å². The molecule has 2 N–H and O–H groups in total. The number of nitrogens with zero attached hydrogens (tertiary/aromatic N) is 2. The highest BCUT2D eigenvalue weighted by Crippen LogP contribution is 2.23. The molecule has 2 aromatic carbocycles. The number of fused-ring (bicyclic) bond motifs is 1. The number of benzene rings is 2. The summed E-state index contributed by atoms with van der Waals surface area (Å²) >= 11 is 0.